The number of nitrogens with one attached hydrogen (secondary N) is 1. The van der Waals surface area contributed by atoms with Gasteiger partial charge in [0.1, 0.15) is 0 Å². The van der Waals surface area contributed by atoms with Crippen molar-refractivity contribution in [2.24, 2.45) is 5.84 Å². The van der Waals surface area contributed by atoms with Gasteiger partial charge in [0, 0.05) is 21.3 Å². The van der Waals surface area contributed by atoms with Crippen LogP contribution in [-0.2, 0) is 13.3 Å². The minimum absolute atomic E-state index is 0.0579. The van der Waals surface area contributed by atoms with Crippen molar-refractivity contribution in [2.75, 3.05) is 21.3 Å². The predicted octanol–water partition coefficient (Wildman–Crippen LogP) is -0.354. The summed E-state index contributed by atoms with van der Waals surface area (Å²) < 4.78 is 15.7. The maximum absolute atomic E-state index is 5.34. The molecule has 1 unspecified atom stereocenters. The summed E-state index contributed by atoms with van der Waals surface area (Å²) >= 11 is 0. The van der Waals surface area contributed by atoms with Crippen LogP contribution in [-0.4, -0.2) is 35.8 Å². The molecule has 0 aromatic carbocycles. The maximum atomic E-state index is 5.34. The van der Waals surface area contributed by atoms with Gasteiger partial charge in [-0.05, 0) is 6.42 Å². The molecule has 0 saturated carbocycles. The molecule has 0 saturated heterocycles. The highest BCUT2D eigenvalue weighted by Crippen LogP contribution is 2.13. The lowest BCUT2D eigenvalue weighted by atomic mass is 10.5. The average molecular weight is 194 g/mol. The highest BCUT2D eigenvalue weighted by molar-refractivity contribution is 6.62. The SMILES string of the molecule is CCC(NN)[Si](OC)(OC)OC. The van der Waals surface area contributed by atoms with Crippen LogP contribution in [0.2, 0.25) is 0 Å². The minimum Gasteiger partial charge on any atom is -0.376 e. The van der Waals surface area contributed by atoms with Gasteiger partial charge in [-0.2, -0.15) is 0 Å². The van der Waals surface area contributed by atoms with Crippen LogP contribution in [0.1, 0.15) is 13.3 Å². The molecule has 3 N–H and O–H groups in total. The van der Waals surface area contributed by atoms with Crippen molar-refractivity contribution >= 4 is 8.80 Å². The molecule has 0 aliphatic heterocycles. The summed E-state index contributed by atoms with van der Waals surface area (Å²) in [6.07, 6.45) is 0.804. The highest BCUT2D eigenvalue weighted by atomic mass is 28.4. The summed E-state index contributed by atoms with van der Waals surface area (Å²) in [4.78, 5) is 0. The van der Waals surface area contributed by atoms with E-state index in [-0.39, 0.29) is 5.67 Å². The molecular formula is C6H18N2O3Si. The lowest BCUT2D eigenvalue weighted by molar-refractivity contribution is 0.106. The molecule has 12 heavy (non-hydrogen) atoms. The zero-order valence-electron chi connectivity index (χ0n) is 8.09. The molecule has 6 heteroatoms. The van der Waals surface area contributed by atoms with Crippen molar-refractivity contribution in [3.63, 3.8) is 0 Å². The van der Waals surface area contributed by atoms with Crippen LogP contribution in [0.4, 0.5) is 0 Å². The smallest absolute Gasteiger partial charge is 0.376 e. The molecule has 0 amide bonds. The molecule has 0 aromatic heterocycles. The fourth-order valence-electron chi connectivity index (χ4n) is 1.15. The van der Waals surface area contributed by atoms with Crippen LogP contribution in [0.15, 0.2) is 0 Å². The van der Waals surface area contributed by atoms with Crippen LogP contribution in [0.3, 0.4) is 0 Å². The summed E-state index contributed by atoms with van der Waals surface area (Å²) in [6, 6.07) is 0. The second kappa shape index (κ2) is 5.63. The van der Waals surface area contributed by atoms with E-state index in [2.05, 4.69) is 5.43 Å². The third-order valence-electron chi connectivity index (χ3n) is 1.89. The monoisotopic (exact) mass is 194 g/mol. The van der Waals surface area contributed by atoms with E-state index >= 15 is 0 Å². The normalized spacial score (nSPS) is 14.8. The van der Waals surface area contributed by atoms with E-state index < -0.39 is 8.80 Å². The molecule has 0 rings (SSSR count). The number of hydrogen-bond donors (Lipinski definition) is 2. The van der Waals surface area contributed by atoms with Crippen molar-refractivity contribution in [2.45, 2.75) is 19.0 Å². The van der Waals surface area contributed by atoms with E-state index in [1.165, 1.54) is 0 Å². The summed E-state index contributed by atoms with van der Waals surface area (Å²) in [5.74, 6) is 5.34. The van der Waals surface area contributed by atoms with Gasteiger partial charge in [-0.1, -0.05) is 6.92 Å². The van der Waals surface area contributed by atoms with Gasteiger partial charge in [0.05, 0.1) is 5.67 Å². The Hall–Kier alpha value is 0.0169. The molecule has 0 fully saturated rings. The van der Waals surface area contributed by atoms with Crippen LogP contribution in [0.5, 0.6) is 0 Å². The standard InChI is InChI=1S/C6H18N2O3Si/c1-5-6(8-7)12(9-2,10-3)11-4/h6,8H,5,7H2,1-4H3. The Balaban J connectivity index is 4.42. The molecule has 0 bridgehead atoms. The number of hydrazine groups is 1. The average Bonchev–Trinajstić information content (AvgIpc) is 2.14. The second-order valence-corrected chi connectivity index (χ2v) is 5.47. The van der Waals surface area contributed by atoms with Crippen molar-refractivity contribution < 1.29 is 13.3 Å². The van der Waals surface area contributed by atoms with Gasteiger partial charge in [-0.3, -0.25) is 11.3 Å². The molecule has 0 radical (unpaired) electrons. The van der Waals surface area contributed by atoms with Gasteiger partial charge in [0.2, 0.25) is 0 Å². The Morgan fingerprint density at radius 1 is 1.25 bits per heavy atom. The zero-order valence-corrected chi connectivity index (χ0v) is 9.09. The molecule has 0 aromatic rings. The van der Waals surface area contributed by atoms with E-state index in [0.29, 0.717) is 0 Å². The summed E-state index contributed by atoms with van der Waals surface area (Å²) in [6.45, 7) is 1.99. The van der Waals surface area contributed by atoms with E-state index in [0.717, 1.165) is 6.42 Å². The number of nitrogens with two attached hydrogens (primary N) is 1. The Morgan fingerprint density at radius 2 is 1.67 bits per heavy atom. The fraction of sp³-hybridized carbons (Fsp3) is 1.00. The third kappa shape index (κ3) is 2.25. The van der Waals surface area contributed by atoms with E-state index in [1.807, 2.05) is 6.92 Å². The van der Waals surface area contributed by atoms with Gasteiger partial charge in [0.15, 0.2) is 0 Å². The van der Waals surface area contributed by atoms with Crippen LogP contribution < -0.4 is 11.3 Å². The Bertz CT molecular complexity index is 109. The molecule has 0 aliphatic rings. The third-order valence-corrected chi connectivity index (χ3v) is 5.03. The first-order valence-corrected chi connectivity index (χ1v) is 5.62. The lowest BCUT2D eigenvalue weighted by Gasteiger charge is -2.30. The number of rotatable bonds is 6. The van der Waals surface area contributed by atoms with E-state index in [4.69, 9.17) is 19.1 Å². The van der Waals surface area contributed by atoms with E-state index in [1.54, 1.807) is 21.3 Å². The topological polar surface area (TPSA) is 65.7 Å². The molecule has 0 aliphatic carbocycles. The number of hydrogen-bond acceptors (Lipinski definition) is 5. The molecule has 0 spiro atoms. The van der Waals surface area contributed by atoms with Gasteiger partial charge < -0.3 is 13.3 Å². The van der Waals surface area contributed by atoms with Gasteiger partial charge in [-0.25, -0.2) is 0 Å². The van der Waals surface area contributed by atoms with Crippen LogP contribution in [0.25, 0.3) is 0 Å². The Kier molecular flexibility index (Phi) is 5.63. The van der Waals surface area contributed by atoms with Crippen LogP contribution in [0, 0.1) is 0 Å². The van der Waals surface area contributed by atoms with E-state index in [9.17, 15) is 0 Å². The van der Waals surface area contributed by atoms with Crippen molar-refractivity contribution in [1.29, 1.82) is 0 Å². The fourth-order valence-corrected chi connectivity index (χ4v) is 3.20. The maximum Gasteiger partial charge on any atom is 0.519 e. The Morgan fingerprint density at radius 3 is 1.75 bits per heavy atom. The van der Waals surface area contributed by atoms with Gasteiger partial charge >= 0.3 is 8.80 Å². The molecular weight excluding hydrogens is 176 g/mol. The molecule has 74 valence electrons. The predicted molar refractivity (Wildman–Crippen MR) is 48.2 cm³/mol. The first kappa shape index (κ1) is 12.0. The summed E-state index contributed by atoms with van der Waals surface area (Å²) in [5, 5.41) is 0. The van der Waals surface area contributed by atoms with Gasteiger partial charge in [0.25, 0.3) is 0 Å². The van der Waals surface area contributed by atoms with Crippen LogP contribution >= 0.6 is 0 Å². The summed E-state index contributed by atoms with van der Waals surface area (Å²) in [7, 11) is 2.12. The summed E-state index contributed by atoms with van der Waals surface area (Å²) in [5.41, 5.74) is 2.57. The molecule has 1 atom stereocenters. The first-order valence-electron chi connectivity index (χ1n) is 3.82. The Labute approximate surface area is 74.5 Å². The second-order valence-electron chi connectivity index (χ2n) is 2.34. The minimum atomic E-state index is -2.58. The zero-order chi connectivity index (χ0) is 9.61. The molecule has 5 nitrogen and oxygen atoms in total. The highest BCUT2D eigenvalue weighted by Gasteiger charge is 2.46. The lowest BCUT2D eigenvalue weighted by Crippen LogP contribution is -2.61. The van der Waals surface area contributed by atoms with Crippen molar-refractivity contribution in [3.8, 4) is 0 Å². The quantitative estimate of drug-likeness (QED) is 0.343. The molecule has 0 heterocycles. The van der Waals surface area contributed by atoms with Crippen molar-refractivity contribution in [1.82, 2.24) is 5.43 Å². The van der Waals surface area contributed by atoms with Gasteiger partial charge in [-0.15, -0.1) is 0 Å². The van der Waals surface area contributed by atoms with Crippen molar-refractivity contribution in [3.05, 3.63) is 0 Å². The first-order chi connectivity index (χ1) is 5.70. The largest absolute Gasteiger partial charge is 0.519 e.